The first-order valence-electron chi connectivity index (χ1n) is 12.7. The van der Waals surface area contributed by atoms with Crippen LogP contribution in [-0.2, 0) is 18.5 Å². The summed E-state index contributed by atoms with van der Waals surface area (Å²) in [5.41, 5.74) is 3.84. The number of fused-ring (bicyclic) bond motifs is 2. The van der Waals surface area contributed by atoms with E-state index in [-0.39, 0.29) is 11.9 Å². The van der Waals surface area contributed by atoms with E-state index in [0.29, 0.717) is 52.4 Å². The average Bonchev–Trinajstić information content (AvgIpc) is 3.32. The molecule has 1 fully saturated rings. The van der Waals surface area contributed by atoms with Gasteiger partial charge in [0.1, 0.15) is 23.6 Å². The van der Waals surface area contributed by atoms with Crippen molar-refractivity contribution in [3.05, 3.63) is 41.2 Å². The van der Waals surface area contributed by atoms with Crippen LogP contribution in [0.25, 0.3) is 33.5 Å². The standard InChI is InChI=1S/C26H34ClN7O2Si/c1-16(17-11-28-12-17)30-26(35)20-14-34(15-36-8-9-37(3,4)5)25-24(20)31-21(13-29-25)23-19-7-6-18(27)10-22(19)33(2)32-23/h6-7,10,13-14,16-17,28H,8-9,11-12,15H2,1-5H3,(H,30,35). The molecule has 0 aliphatic carbocycles. The van der Waals surface area contributed by atoms with Gasteiger partial charge in [0.15, 0.2) is 5.65 Å². The number of carbonyl (C=O) groups excluding carboxylic acids is 1. The number of ether oxygens (including phenoxy) is 1. The monoisotopic (exact) mass is 539 g/mol. The summed E-state index contributed by atoms with van der Waals surface area (Å²) in [5, 5.41) is 12.7. The fourth-order valence-corrected chi connectivity index (χ4v) is 5.38. The Morgan fingerprint density at radius 1 is 1.32 bits per heavy atom. The summed E-state index contributed by atoms with van der Waals surface area (Å²) in [7, 11) is 0.666. The number of amides is 1. The Morgan fingerprint density at radius 3 is 2.81 bits per heavy atom. The third-order valence-electron chi connectivity index (χ3n) is 6.97. The van der Waals surface area contributed by atoms with E-state index in [2.05, 4.69) is 35.4 Å². The maximum atomic E-state index is 13.4. The zero-order valence-corrected chi connectivity index (χ0v) is 23.8. The lowest BCUT2D eigenvalue weighted by molar-refractivity contribution is 0.0885. The molecular formula is C26H34ClN7O2Si. The van der Waals surface area contributed by atoms with Crippen LogP contribution in [-0.4, -0.2) is 64.0 Å². The summed E-state index contributed by atoms with van der Waals surface area (Å²) >= 11 is 6.21. The van der Waals surface area contributed by atoms with Gasteiger partial charge in [0.2, 0.25) is 0 Å². The van der Waals surface area contributed by atoms with Crippen molar-refractivity contribution in [1.29, 1.82) is 0 Å². The van der Waals surface area contributed by atoms with Crippen molar-refractivity contribution in [2.24, 2.45) is 13.0 Å². The number of aryl methyl sites for hydroxylation is 1. The lowest BCUT2D eigenvalue weighted by Gasteiger charge is -2.32. The highest BCUT2D eigenvalue weighted by Crippen LogP contribution is 2.30. The minimum atomic E-state index is -1.21. The number of hydrogen-bond acceptors (Lipinski definition) is 6. The van der Waals surface area contributed by atoms with Crippen LogP contribution in [0, 0.1) is 5.92 Å². The van der Waals surface area contributed by atoms with Gasteiger partial charge < -0.3 is 19.9 Å². The van der Waals surface area contributed by atoms with E-state index in [1.54, 1.807) is 17.1 Å². The number of benzene rings is 1. The summed E-state index contributed by atoms with van der Waals surface area (Å²) in [6, 6.07) is 6.78. The highest BCUT2D eigenvalue weighted by Gasteiger charge is 2.27. The van der Waals surface area contributed by atoms with Crippen molar-refractivity contribution in [2.45, 2.75) is 45.4 Å². The molecule has 4 aromatic rings. The molecule has 3 aromatic heterocycles. The second-order valence-corrected chi connectivity index (χ2v) is 17.2. The van der Waals surface area contributed by atoms with Crippen LogP contribution < -0.4 is 10.6 Å². The van der Waals surface area contributed by atoms with Crippen LogP contribution in [0.5, 0.6) is 0 Å². The largest absolute Gasteiger partial charge is 0.361 e. The van der Waals surface area contributed by atoms with Crippen molar-refractivity contribution in [2.75, 3.05) is 19.7 Å². The fraction of sp³-hybridized carbons (Fsp3) is 0.462. The second-order valence-electron chi connectivity index (χ2n) is 11.1. The van der Waals surface area contributed by atoms with Crippen LogP contribution in [0.1, 0.15) is 17.3 Å². The number of rotatable bonds is 9. The first-order valence-corrected chi connectivity index (χ1v) is 16.8. The van der Waals surface area contributed by atoms with Gasteiger partial charge in [-0.2, -0.15) is 5.10 Å². The van der Waals surface area contributed by atoms with Gasteiger partial charge in [0.25, 0.3) is 5.91 Å². The van der Waals surface area contributed by atoms with Crippen molar-refractivity contribution >= 4 is 47.6 Å². The van der Waals surface area contributed by atoms with E-state index in [1.807, 2.05) is 36.7 Å². The molecule has 0 bridgehead atoms. The molecule has 1 saturated heterocycles. The van der Waals surface area contributed by atoms with Crippen LogP contribution in [0.3, 0.4) is 0 Å². The fourth-order valence-electron chi connectivity index (χ4n) is 4.46. The Labute approximate surface area is 222 Å². The van der Waals surface area contributed by atoms with Crippen molar-refractivity contribution in [3.8, 4) is 11.4 Å². The van der Waals surface area contributed by atoms with E-state index < -0.39 is 8.07 Å². The first kappa shape index (κ1) is 25.8. The molecule has 0 radical (unpaired) electrons. The molecule has 5 rings (SSSR count). The van der Waals surface area contributed by atoms with Crippen LogP contribution in [0.2, 0.25) is 30.7 Å². The number of nitrogens with zero attached hydrogens (tertiary/aromatic N) is 5. The summed E-state index contributed by atoms with van der Waals surface area (Å²) in [5.74, 6) is 0.268. The predicted octanol–water partition coefficient (Wildman–Crippen LogP) is 4.29. The quantitative estimate of drug-likeness (QED) is 0.243. The first-order chi connectivity index (χ1) is 17.6. The Balaban J connectivity index is 1.51. The Morgan fingerprint density at radius 2 is 2.11 bits per heavy atom. The highest BCUT2D eigenvalue weighted by atomic mass is 35.5. The number of halogens is 1. The summed E-state index contributed by atoms with van der Waals surface area (Å²) in [6.07, 6.45) is 3.52. The second kappa shape index (κ2) is 10.2. The molecule has 1 aliphatic heterocycles. The lowest BCUT2D eigenvalue weighted by atomic mass is 9.95. The molecule has 196 valence electrons. The molecule has 0 saturated carbocycles. The smallest absolute Gasteiger partial charge is 0.255 e. The number of nitrogens with one attached hydrogen (secondary N) is 2. The predicted molar refractivity (Wildman–Crippen MR) is 150 cm³/mol. The van der Waals surface area contributed by atoms with Crippen molar-refractivity contribution < 1.29 is 9.53 Å². The van der Waals surface area contributed by atoms with Gasteiger partial charge >= 0.3 is 0 Å². The Kier molecular flexibility index (Phi) is 7.10. The molecule has 1 amide bonds. The molecule has 0 spiro atoms. The summed E-state index contributed by atoms with van der Waals surface area (Å²) < 4.78 is 9.64. The third-order valence-corrected chi connectivity index (χ3v) is 8.91. The highest BCUT2D eigenvalue weighted by molar-refractivity contribution is 6.76. The third kappa shape index (κ3) is 5.43. The SMILES string of the molecule is CC(NC(=O)c1cn(COCC[Si](C)(C)C)c2ncc(-c3nn(C)c4cc(Cl)ccc34)nc12)C1CNC1. The van der Waals surface area contributed by atoms with Crippen molar-refractivity contribution in [3.63, 3.8) is 0 Å². The number of aromatic nitrogens is 5. The molecule has 9 nitrogen and oxygen atoms in total. The van der Waals surface area contributed by atoms with Crippen molar-refractivity contribution in [1.82, 2.24) is 34.9 Å². The van der Waals surface area contributed by atoms with Gasteiger partial charge in [-0.05, 0) is 31.2 Å². The van der Waals surface area contributed by atoms with Crippen LogP contribution in [0.15, 0.2) is 30.6 Å². The summed E-state index contributed by atoms with van der Waals surface area (Å²) in [6.45, 7) is 11.8. The molecule has 1 aliphatic rings. The van der Waals surface area contributed by atoms with E-state index in [9.17, 15) is 4.79 Å². The van der Waals surface area contributed by atoms with Gasteiger partial charge in [0, 0.05) is 63.4 Å². The van der Waals surface area contributed by atoms with E-state index in [1.165, 1.54) is 0 Å². The lowest BCUT2D eigenvalue weighted by Crippen LogP contribution is -2.53. The molecular weight excluding hydrogens is 506 g/mol. The van der Waals surface area contributed by atoms with Gasteiger partial charge in [-0.3, -0.25) is 9.48 Å². The van der Waals surface area contributed by atoms with E-state index >= 15 is 0 Å². The molecule has 1 atom stereocenters. The Hall–Kier alpha value is -2.79. The molecule has 37 heavy (non-hydrogen) atoms. The number of hydrogen-bond donors (Lipinski definition) is 2. The van der Waals surface area contributed by atoms with Gasteiger partial charge in [0.05, 0.1) is 17.3 Å². The molecule has 4 heterocycles. The zero-order valence-electron chi connectivity index (χ0n) is 22.0. The summed E-state index contributed by atoms with van der Waals surface area (Å²) in [4.78, 5) is 23.0. The molecule has 2 N–H and O–H groups in total. The molecule has 1 unspecified atom stereocenters. The topological polar surface area (TPSA) is 98.9 Å². The maximum absolute atomic E-state index is 13.4. The van der Waals surface area contributed by atoms with E-state index in [4.69, 9.17) is 26.3 Å². The van der Waals surface area contributed by atoms with Crippen LogP contribution >= 0.6 is 11.6 Å². The number of carbonyl (C=O) groups is 1. The average molecular weight is 540 g/mol. The van der Waals surface area contributed by atoms with E-state index in [0.717, 1.165) is 30.0 Å². The van der Waals surface area contributed by atoms with Gasteiger partial charge in [-0.25, -0.2) is 9.97 Å². The maximum Gasteiger partial charge on any atom is 0.255 e. The minimum absolute atomic E-state index is 0.0563. The Bertz CT molecular complexity index is 1450. The zero-order chi connectivity index (χ0) is 26.3. The van der Waals surface area contributed by atoms with Gasteiger partial charge in [-0.1, -0.05) is 31.2 Å². The van der Waals surface area contributed by atoms with Gasteiger partial charge in [-0.15, -0.1) is 0 Å². The normalized spacial score (nSPS) is 15.3. The molecule has 1 aromatic carbocycles. The van der Waals surface area contributed by atoms with Crippen LogP contribution in [0.4, 0.5) is 0 Å². The molecule has 11 heteroatoms. The minimum Gasteiger partial charge on any atom is -0.361 e.